The lowest BCUT2D eigenvalue weighted by Crippen LogP contribution is -1.98. The van der Waals surface area contributed by atoms with Gasteiger partial charge in [0, 0.05) is 29.8 Å². The summed E-state index contributed by atoms with van der Waals surface area (Å²) in [5.74, 6) is 0.792. The van der Waals surface area contributed by atoms with Crippen molar-refractivity contribution < 1.29 is 0 Å². The van der Waals surface area contributed by atoms with E-state index in [1.165, 1.54) is 0 Å². The number of nitrogens with zero attached hydrogens (tertiary/aromatic N) is 4. The van der Waals surface area contributed by atoms with Crippen LogP contribution < -0.4 is 5.73 Å². The fourth-order valence-electron chi connectivity index (χ4n) is 1.99. The molecule has 2 N–H and O–H groups in total. The average molecular weight is 261 g/mol. The van der Waals surface area contributed by atoms with Crippen molar-refractivity contribution in [1.29, 1.82) is 5.26 Å². The van der Waals surface area contributed by atoms with Crippen LogP contribution in [0.25, 0.3) is 17.1 Å². The first kappa shape index (κ1) is 11.9. The molecule has 0 aliphatic carbocycles. The predicted octanol–water partition coefficient (Wildman–Crippen LogP) is 2.39. The van der Waals surface area contributed by atoms with Gasteiger partial charge in [0.25, 0.3) is 0 Å². The molecule has 5 heteroatoms. The van der Waals surface area contributed by atoms with Crippen molar-refractivity contribution in [3.63, 3.8) is 0 Å². The molecule has 0 spiro atoms. The summed E-state index contributed by atoms with van der Waals surface area (Å²) in [4.78, 5) is 8.34. The number of anilines is 1. The third-order valence-electron chi connectivity index (χ3n) is 2.95. The first-order valence-corrected chi connectivity index (χ1v) is 6.04. The summed E-state index contributed by atoms with van der Waals surface area (Å²) in [5, 5.41) is 8.93. The molecular weight excluding hydrogens is 250 g/mol. The van der Waals surface area contributed by atoms with E-state index < -0.39 is 0 Å². The number of benzene rings is 1. The van der Waals surface area contributed by atoms with Gasteiger partial charge in [-0.25, -0.2) is 9.97 Å². The second kappa shape index (κ2) is 4.86. The van der Waals surface area contributed by atoms with E-state index in [0.717, 1.165) is 17.1 Å². The standard InChI is InChI=1S/C15H11N5/c16-10-13-9-14(5-6-18-13)20-8-7-19-15(20)11-1-3-12(17)4-2-11/h1-9H,17H2. The van der Waals surface area contributed by atoms with E-state index in [1.807, 2.05) is 47.2 Å². The van der Waals surface area contributed by atoms with Gasteiger partial charge in [0.15, 0.2) is 0 Å². The van der Waals surface area contributed by atoms with Gasteiger partial charge in [-0.2, -0.15) is 5.26 Å². The van der Waals surface area contributed by atoms with Gasteiger partial charge in [-0.05, 0) is 36.4 Å². The minimum absolute atomic E-state index is 0.374. The summed E-state index contributed by atoms with van der Waals surface area (Å²) in [6.45, 7) is 0. The second-order valence-corrected chi connectivity index (χ2v) is 4.25. The van der Waals surface area contributed by atoms with Crippen LogP contribution >= 0.6 is 0 Å². The van der Waals surface area contributed by atoms with Gasteiger partial charge >= 0.3 is 0 Å². The first-order valence-electron chi connectivity index (χ1n) is 6.04. The zero-order valence-electron chi connectivity index (χ0n) is 10.6. The topological polar surface area (TPSA) is 80.5 Å². The fourth-order valence-corrected chi connectivity index (χ4v) is 1.99. The Kier molecular flexibility index (Phi) is 2.90. The SMILES string of the molecule is N#Cc1cc(-n2ccnc2-c2ccc(N)cc2)ccn1. The number of pyridine rings is 1. The van der Waals surface area contributed by atoms with E-state index in [-0.39, 0.29) is 0 Å². The zero-order valence-corrected chi connectivity index (χ0v) is 10.6. The Morgan fingerprint density at radius 2 is 1.85 bits per heavy atom. The molecule has 0 amide bonds. The summed E-state index contributed by atoms with van der Waals surface area (Å²) in [7, 11) is 0. The molecule has 3 rings (SSSR count). The lowest BCUT2D eigenvalue weighted by Gasteiger charge is -2.08. The van der Waals surface area contributed by atoms with Gasteiger partial charge in [0.1, 0.15) is 17.6 Å². The Bertz CT molecular complexity index is 781. The number of nitrogens with two attached hydrogens (primary N) is 1. The molecule has 0 saturated heterocycles. The summed E-state index contributed by atoms with van der Waals surface area (Å²) >= 11 is 0. The Hall–Kier alpha value is -3.13. The first-order chi connectivity index (χ1) is 9.78. The van der Waals surface area contributed by atoms with E-state index >= 15 is 0 Å². The summed E-state index contributed by atoms with van der Waals surface area (Å²) in [5.41, 5.74) is 8.59. The van der Waals surface area contributed by atoms with Crippen LogP contribution in [-0.4, -0.2) is 14.5 Å². The largest absolute Gasteiger partial charge is 0.399 e. The number of hydrogen-bond donors (Lipinski definition) is 1. The lowest BCUT2D eigenvalue weighted by atomic mass is 10.2. The monoisotopic (exact) mass is 261 g/mol. The lowest BCUT2D eigenvalue weighted by molar-refractivity contribution is 1.05. The van der Waals surface area contributed by atoms with Gasteiger partial charge in [0.2, 0.25) is 0 Å². The summed E-state index contributed by atoms with van der Waals surface area (Å²) in [6.07, 6.45) is 5.18. The molecule has 3 aromatic rings. The number of nitrogen functional groups attached to an aromatic ring is 1. The molecule has 0 bridgehead atoms. The van der Waals surface area contributed by atoms with E-state index in [0.29, 0.717) is 11.4 Å². The van der Waals surface area contributed by atoms with Crippen LogP contribution in [0.2, 0.25) is 0 Å². The van der Waals surface area contributed by atoms with Crippen molar-refractivity contribution in [2.45, 2.75) is 0 Å². The zero-order chi connectivity index (χ0) is 13.9. The van der Waals surface area contributed by atoms with Crippen molar-refractivity contribution in [2.24, 2.45) is 0 Å². The van der Waals surface area contributed by atoms with Crippen LogP contribution in [0.1, 0.15) is 5.69 Å². The quantitative estimate of drug-likeness (QED) is 0.718. The van der Waals surface area contributed by atoms with E-state index in [2.05, 4.69) is 9.97 Å². The molecule has 0 atom stereocenters. The smallest absolute Gasteiger partial charge is 0.144 e. The molecule has 0 fully saturated rings. The molecule has 1 aromatic carbocycles. The highest BCUT2D eigenvalue weighted by Gasteiger charge is 2.08. The molecule has 0 saturated carbocycles. The van der Waals surface area contributed by atoms with Gasteiger partial charge < -0.3 is 5.73 Å². The highest BCUT2D eigenvalue weighted by molar-refractivity contribution is 5.61. The molecule has 0 unspecified atom stereocenters. The number of aromatic nitrogens is 3. The summed E-state index contributed by atoms with van der Waals surface area (Å²) in [6, 6.07) is 13.1. The fraction of sp³-hybridized carbons (Fsp3) is 0. The Balaban J connectivity index is 2.10. The van der Waals surface area contributed by atoms with Crippen LogP contribution in [0, 0.1) is 11.3 Å². The van der Waals surface area contributed by atoms with Crippen molar-refractivity contribution in [3.05, 3.63) is 60.7 Å². The maximum atomic E-state index is 8.93. The van der Waals surface area contributed by atoms with Crippen LogP contribution in [0.5, 0.6) is 0 Å². The number of imidazole rings is 1. The molecule has 0 aliphatic heterocycles. The van der Waals surface area contributed by atoms with Gasteiger partial charge in [-0.3, -0.25) is 4.57 Å². The number of rotatable bonds is 2. The Morgan fingerprint density at radius 1 is 1.05 bits per heavy atom. The van der Waals surface area contributed by atoms with Crippen molar-refractivity contribution in [2.75, 3.05) is 5.73 Å². The molecular formula is C15H11N5. The molecule has 2 heterocycles. The van der Waals surface area contributed by atoms with Crippen molar-refractivity contribution in [3.8, 4) is 23.1 Å². The minimum Gasteiger partial charge on any atom is -0.399 e. The molecule has 96 valence electrons. The van der Waals surface area contributed by atoms with E-state index in [9.17, 15) is 0 Å². The highest BCUT2D eigenvalue weighted by atomic mass is 15.1. The highest BCUT2D eigenvalue weighted by Crippen LogP contribution is 2.22. The third kappa shape index (κ3) is 2.10. The van der Waals surface area contributed by atoms with Crippen LogP contribution in [0.15, 0.2) is 55.0 Å². The van der Waals surface area contributed by atoms with Gasteiger partial charge in [0.05, 0.1) is 5.69 Å². The number of nitriles is 1. The second-order valence-electron chi connectivity index (χ2n) is 4.25. The molecule has 5 nitrogen and oxygen atoms in total. The number of hydrogen-bond acceptors (Lipinski definition) is 4. The van der Waals surface area contributed by atoms with Crippen LogP contribution in [0.3, 0.4) is 0 Å². The van der Waals surface area contributed by atoms with Crippen LogP contribution in [0.4, 0.5) is 5.69 Å². The molecule has 20 heavy (non-hydrogen) atoms. The van der Waals surface area contributed by atoms with Gasteiger partial charge in [-0.15, -0.1) is 0 Å². The summed E-state index contributed by atoms with van der Waals surface area (Å²) < 4.78 is 1.91. The normalized spacial score (nSPS) is 10.2. The Morgan fingerprint density at radius 3 is 2.60 bits per heavy atom. The van der Waals surface area contributed by atoms with E-state index in [4.69, 9.17) is 11.0 Å². The van der Waals surface area contributed by atoms with Crippen molar-refractivity contribution >= 4 is 5.69 Å². The predicted molar refractivity (Wildman–Crippen MR) is 75.9 cm³/mol. The average Bonchev–Trinajstić information content (AvgIpc) is 2.97. The molecule has 0 aliphatic rings. The molecule has 0 radical (unpaired) electrons. The van der Waals surface area contributed by atoms with E-state index in [1.54, 1.807) is 18.5 Å². The Labute approximate surface area is 116 Å². The third-order valence-corrected chi connectivity index (χ3v) is 2.95. The maximum absolute atomic E-state index is 8.93. The minimum atomic E-state index is 0.374. The van der Waals surface area contributed by atoms with Crippen LogP contribution in [-0.2, 0) is 0 Å². The van der Waals surface area contributed by atoms with Gasteiger partial charge in [-0.1, -0.05) is 0 Å². The van der Waals surface area contributed by atoms with Crippen molar-refractivity contribution in [1.82, 2.24) is 14.5 Å². The molecule has 2 aromatic heterocycles. The maximum Gasteiger partial charge on any atom is 0.144 e.